The van der Waals surface area contributed by atoms with Crippen molar-refractivity contribution in [2.75, 3.05) is 13.1 Å². The molecule has 0 saturated carbocycles. The number of likely N-dealkylation sites (tertiary alicyclic amines) is 1. The summed E-state index contributed by atoms with van der Waals surface area (Å²) in [6.07, 6.45) is 3.25. The lowest BCUT2D eigenvalue weighted by atomic mass is 9.89. The lowest BCUT2D eigenvalue weighted by Crippen LogP contribution is -2.38. The van der Waals surface area contributed by atoms with Gasteiger partial charge in [0, 0.05) is 19.5 Å². The highest BCUT2D eigenvalue weighted by Gasteiger charge is 2.23. The molecule has 2 nitrogen and oxygen atoms in total. The third-order valence-electron chi connectivity index (χ3n) is 4.66. The van der Waals surface area contributed by atoms with Crippen LogP contribution in [0.15, 0.2) is 54.6 Å². The zero-order valence-electron chi connectivity index (χ0n) is 13.2. The highest BCUT2D eigenvalue weighted by molar-refractivity contribution is 5.76. The van der Waals surface area contributed by atoms with Gasteiger partial charge in [0.1, 0.15) is 5.82 Å². The standard InChI is InChI=1S/C20H22FNO/c21-19-9-6-16(7-10-19)8-11-20(23)22-14-12-18(13-15-22)17-4-2-1-3-5-17/h1-7,9-10,18H,8,11-15H2. The van der Waals surface area contributed by atoms with E-state index >= 15 is 0 Å². The average Bonchev–Trinajstić information content (AvgIpc) is 2.62. The number of piperidine rings is 1. The molecule has 0 N–H and O–H groups in total. The predicted molar refractivity (Wildman–Crippen MR) is 89.7 cm³/mol. The Morgan fingerprint density at radius 1 is 1.00 bits per heavy atom. The number of aryl methyl sites for hydroxylation is 1. The van der Waals surface area contributed by atoms with Gasteiger partial charge < -0.3 is 4.90 Å². The zero-order valence-corrected chi connectivity index (χ0v) is 13.2. The Bertz CT molecular complexity index is 630. The van der Waals surface area contributed by atoms with Crippen LogP contribution in [0.5, 0.6) is 0 Å². The molecule has 0 spiro atoms. The van der Waals surface area contributed by atoms with Gasteiger partial charge in [-0.1, -0.05) is 42.5 Å². The zero-order chi connectivity index (χ0) is 16.1. The Balaban J connectivity index is 1.47. The molecule has 2 aromatic rings. The summed E-state index contributed by atoms with van der Waals surface area (Å²) in [7, 11) is 0. The van der Waals surface area contributed by atoms with Crippen LogP contribution in [-0.2, 0) is 11.2 Å². The molecule has 0 aromatic heterocycles. The summed E-state index contributed by atoms with van der Waals surface area (Å²) in [6, 6.07) is 17.0. The quantitative estimate of drug-likeness (QED) is 0.830. The summed E-state index contributed by atoms with van der Waals surface area (Å²) >= 11 is 0. The van der Waals surface area contributed by atoms with Gasteiger partial charge in [-0.05, 0) is 48.4 Å². The summed E-state index contributed by atoms with van der Waals surface area (Å²) in [4.78, 5) is 14.3. The van der Waals surface area contributed by atoms with E-state index in [4.69, 9.17) is 0 Å². The maximum atomic E-state index is 12.9. The predicted octanol–water partition coefficient (Wildman–Crippen LogP) is 4.16. The SMILES string of the molecule is O=C(CCc1ccc(F)cc1)N1CCC(c2ccccc2)CC1. The summed E-state index contributed by atoms with van der Waals surface area (Å²) < 4.78 is 12.9. The van der Waals surface area contributed by atoms with E-state index in [1.807, 2.05) is 11.0 Å². The minimum Gasteiger partial charge on any atom is -0.343 e. The third-order valence-corrected chi connectivity index (χ3v) is 4.66. The second-order valence-electron chi connectivity index (χ2n) is 6.19. The molecule has 1 saturated heterocycles. The number of amides is 1. The maximum absolute atomic E-state index is 12.9. The largest absolute Gasteiger partial charge is 0.343 e. The molecular weight excluding hydrogens is 289 g/mol. The van der Waals surface area contributed by atoms with Crippen LogP contribution in [0, 0.1) is 5.82 Å². The van der Waals surface area contributed by atoms with Gasteiger partial charge in [-0.2, -0.15) is 0 Å². The number of benzene rings is 2. The van der Waals surface area contributed by atoms with Gasteiger partial charge in [0.25, 0.3) is 0 Å². The fourth-order valence-corrected chi connectivity index (χ4v) is 3.25. The van der Waals surface area contributed by atoms with Crippen LogP contribution in [0.25, 0.3) is 0 Å². The van der Waals surface area contributed by atoms with E-state index in [-0.39, 0.29) is 11.7 Å². The smallest absolute Gasteiger partial charge is 0.222 e. The fraction of sp³-hybridized carbons (Fsp3) is 0.350. The molecule has 1 amide bonds. The van der Waals surface area contributed by atoms with Crippen molar-refractivity contribution in [1.29, 1.82) is 0 Å². The van der Waals surface area contributed by atoms with Crippen LogP contribution in [0.3, 0.4) is 0 Å². The second kappa shape index (κ2) is 7.40. The van der Waals surface area contributed by atoms with E-state index in [0.717, 1.165) is 31.5 Å². The monoisotopic (exact) mass is 311 g/mol. The second-order valence-corrected chi connectivity index (χ2v) is 6.19. The molecule has 3 heteroatoms. The first-order valence-corrected chi connectivity index (χ1v) is 8.29. The van der Waals surface area contributed by atoms with Crippen LogP contribution >= 0.6 is 0 Å². The van der Waals surface area contributed by atoms with Gasteiger partial charge in [0.2, 0.25) is 5.91 Å². The number of rotatable bonds is 4. The molecule has 3 rings (SSSR count). The first-order valence-electron chi connectivity index (χ1n) is 8.29. The molecule has 120 valence electrons. The normalized spacial score (nSPS) is 15.6. The molecule has 1 aliphatic rings. The van der Waals surface area contributed by atoms with E-state index in [0.29, 0.717) is 18.8 Å². The van der Waals surface area contributed by atoms with Gasteiger partial charge in [-0.15, -0.1) is 0 Å². The molecule has 1 heterocycles. The van der Waals surface area contributed by atoms with E-state index in [2.05, 4.69) is 24.3 Å². The number of hydrogen-bond donors (Lipinski definition) is 0. The molecule has 0 aliphatic carbocycles. The molecule has 1 aliphatic heterocycles. The average molecular weight is 311 g/mol. The van der Waals surface area contributed by atoms with Crippen molar-refractivity contribution < 1.29 is 9.18 Å². The number of halogens is 1. The van der Waals surface area contributed by atoms with Crippen LogP contribution in [0.2, 0.25) is 0 Å². The van der Waals surface area contributed by atoms with Gasteiger partial charge >= 0.3 is 0 Å². The lowest BCUT2D eigenvalue weighted by Gasteiger charge is -2.32. The van der Waals surface area contributed by atoms with Crippen LogP contribution in [0.4, 0.5) is 4.39 Å². The third kappa shape index (κ3) is 4.19. The van der Waals surface area contributed by atoms with Gasteiger partial charge in [0.15, 0.2) is 0 Å². The van der Waals surface area contributed by atoms with Crippen LogP contribution < -0.4 is 0 Å². The Morgan fingerprint density at radius 3 is 2.30 bits per heavy atom. The van der Waals surface area contributed by atoms with Gasteiger partial charge in [-0.25, -0.2) is 4.39 Å². The van der Waals surface area contributed by atoms with Gasteiger partial charge in [-0.3, -0.25) is 4.79 Å². The van der Waals surface area contributed by atoms with E-state index in [9.17, 15) is 9.18 Å². The first-order chi connectivity index (χ1) is 11.2. The minimum absolute atomic E-state index is 0.209. The minimum atomic E-state index is -0.233. The number of carbonyl (C=O) groups excluding carboxylic acids is 1. The Labute approximate surface area is 136 Å². The van der Waals surface area contributed by atoms with E-state index in [1.165, 1.54) is 17.7 Å². The molecule has 23 heavy (non-hydrogen) atoms. The summed E-state index contributed by atoms with van der Waals surface area (Å²) in [5.41, 5.74) is 2.39. The molecule has 0 unspecified atom stereocenters. The molecule has 0 atom stereocenters. The maximum Gasteiger partial charge on any atom is 0.222 e. The van der Waals surface area contributed by atoms with Crippen molar-refractivity contribution in [3.8, 4) is 0 Å². The van der Waals surface area contributed by atoms with Crippen molar-refractivity contribution in [2.45, 2.75) is 31.6 Å². The topological polar surface area (TPSA) is 20.3 Å². The van der Waals surface area contributed by atoms with Crippen molar-refractivity contribution >= 4 is 5.91 Å². The molecular formula is C20H22FNO. The van der Waals surface area contributed by atoms with Crippen LogP contribution in [0.1, 0.15) is 36.3 Å². The van der Waals surface area contributed by atoms with E-state index in [1.54, 1.807) is 12.1 Å². The van der Waals surface area contributed by atoms with E-state index < -0.39 is 0 Å². The lowest BCUT2D eigenvalue weighted by molar-refractivity contribution is -0.132. The number of nitrogens with zero attached hydrogens (tertiary/aromatic N) is 1. The highest BCUT2D eigenvalue weighted by atomic mass is 19.1. The summed E-state index contributed by atoms with van der Waals surface area (Å²) in [6.45, 7) is 1.67. The molecule has 0 radical (unpaired) electrons. The summed E-state index contributed by atoms with van der Waals surface area (Å²) in [5.74, 6) is 0.543. The Kier molecular flexibility index (Phi) is 5.06. The highest BCUT2D eigenvalue weighted by Crippen LogP contribution is 2.28. The Hall–Kier alpha value is -2.16. The van der Waals surface area contributed by atoms with Crippen LogP contribution in [-0.4, -0.2) is 23.9 Å². The van der Waals surface area contributed by atoms with Crippen molar-refractivity contribution in [2.24, 2.45) is 0 Å². The van der Waals surface area contributed by atoms with Crippen molar-refractivity contribution in [3.63, 3.8) is 0 Å². The fourth-order valence-electron chi connectivity index (χ4n) is 3.25. The number of carbonyl (C=O) groups is 1. The van der Waals surface area contributed by atoms with Gasteiger partial charge in [0.05, 0.1) is 0 Å². The Morgan fingerprint density at radius 2 is 1.65 bits per heavy atom. The number of hydrogen-bond acceptors (Lipinski definition) is 1. The first kappa shape index (κ1) is 15.7. The molecule has 1 fully saturated rings. The summed E-state index contributed by atoms with van der Waals surface area (Å²) in [5, 5.41) is 0. The molecule has 2 aromatic carbocycles. The van der Waals surface area contributed by atoms with Crippen molar-refractivity contribution in [3.05, 3.63) is 71.5 Å². The van der Waals surface area contributed by atoms with Crippen molar-refractivity contribution in [1.82, 2.24) is 4.90 Å². The molecule has 0 bridgehead atoms.